The molecule has 318 valence electrons. The smallest absolute Gasteiger partial charge is 0.280 e. The van der Waals surface area contributed by atoms with Crippen LogP contribution < -0.4 is 0 Å². The number of nitrogens with zero attached hydrogens (tertiary/aromatic N) is 1. The van der Waals surface area contributed by atoms with Gasteiger partial charge in [0.15, 0.2) is 0 Å². The molecule has 0 aliphatic carbocycles. The topological polar surface area (TPSA) is 3.24 Å². The minimum atomic E-state index is 0.649. The molecule has 0 saturated carbocycles. The van der Waals surface area contributed by atoms with Crippen LogP contribution in [0, 0.1) is 0 Å². The van der Waals surface area contributed by atoms with E-state index >= 15 is 0 Å². The first-order valence-corrected chi connectivity index (χ1v) is 26.0. The fourth-order valence-electron chi connectivity index (χ4n) is 9.02. The van der Waals surface area contributed by atoms with Gasteiger partial charge in [0.05, 0.1) is 0 Å². The average molecular weight is 752 g/mol. The van der Waals surface area contributed by atoms with Gasteiger partial charge in [0.1, 0.15) is 0 Å². The summed E-state index contributed by atoms with van der Waals surface area (Å²) in [6, 6.07) is 0. The molecule has 1 aliphatic heterocycles. The van der Waals surface area contributed by atoms with E-state index in [0.717, 1.165) is 0 Å². The van der Waals surface area contributed by atoms with Crippen LogP contribution in [0.5, 0.6) is 0 Å². The number of hydrogen-bond donors (Lipinski definition) is 0. The first-order chi connectivity index (χ1) is 26.8. The summed E-state index contributed by atoms with van der Waals surface area (Å²) in [7, 11) is 0. The summed E-state index contributed by atoms with van der Waals surface area (Å²) >= 11 is 0. The second kappa shape index (κ2) is 43.5. The molecule has 0 bridgehead atoms. The summed E-state index contributed by atoms with van der Waals surface area (Å²) < 4.78 is 0. The molecular weight excluding hydrogens is 649 g/mol. The SMILES string of the molecule is CCCCCCCCCCCCCCCCB1C=CC=C(CCCCCCCCCCCCCCCC)N1CCCCCCCCCCCCCCCC. The molecule has 1 nitrogen and oxygen atoms in total. The third-order valence-corrected chi connectivity index (χ3v) is 12.8. The van der Waals surface area contributed by atoms with Crippen LogP contribution in [0.2, 0.25) is 6.32 Å². The molecule has 1 rings (SSSR count). The molecule has 1 heterocycles. The van der Waals surface area contributed by atoms with Crippen LogP contribution in [0.3, 0.4) is 0 Å². The van der Waals surface area contributed by atoms with Crippen molar-refractivity contribution in [2.75, 3.05) is 6.54 Å². The van der Waals surface area contributed by atoms with Gasteiger partial charge in [0, 0.05) is 12.2 Å². The van der Waals surface area contributed by atoms with Crippen molar-refractivity contribution >= 4 is 6.85 Å². The highest BCUT2D eigenvalue weighted by Crippen LogP contribution is 2.25. The summed E-state index contributed by atoms with van der Waals surface area (Å²) in [6.45, 7) is 8.89. The van der Waals surface area contributed by atoms with Gasteiger partial charge in [-0.15, -0.1) is 0 Å². The Hall–Kier alpha value is -0.655. The lowest BCUT2D eigenvalue weighted by Crippen LogP contribution is -2.39. The lowest BCUT2D eigenvalue weighted by Gasteiger charge is -2.35. The highest BCUT2D eigenvalue weighted by molar-refractivity contribution is 6.62. The molecule has 0 spiro atoms. The van der Waals surface area contributed by atoms with Gasteiger partial charge in [0.2, 0.25) is 0 Å². The van der Waals surface area contributed by atoms with Crippen molar-refractivity contribution in [3.8, 4) is 0 Å². The van der Waals surface area contributed by atoms with Crippen molar-refractivity contribution in [2.24, 2.45) is 0 Å². The maximum atomic E-state index is 2.88. The van der Waals surface area contributed by atoms with Gasteiger partial charge in [-0.3, -0.25) is 0 Å². The number of hydrogen-bond acceptors (Lipinski definition) is 1. The van der Waals surface area contributed by atoms with Gasteiger partial charge >= 0.3 is 0 Å². The Morgan fingerprint density at radius 2 is 0.611 bits per heavy atom. The second-order valence-corrected chi connectivity index (χ2v) is 18.1. The van der Waals surface area contributed by atoms with Gasteiger partial charge in [-0.25, -0.2) is 0 Å². The Morgan fingerprint density at radius 3 is 0.944 bits per heavy atom. The summed E-state index contributed by atoms with van der Waals surface area (Å²) in [5.41, 5.74) is 1.67. The van der Waals surface area contributed by atoms with Gasteiger partial charge in [-0.1, -0.05) is 290 Å². The average Bonchev–Trinajstić information content (AvgIpc) is 3.18. The first kappa shape index (κ1) is 51.4. The van der Waals surface area contributed by atoms with Crippen molar-refractivity contribution in [1.82, 2.24) is 4.81 Å². The maximum Gasteiger partial charge on any atom is 0.280 e. The molecule has 0 atom stereocenters. The maximum absolute atomic E-state index is 2.88. The standard InChI is InChI=1S/C52H102BN/c1-4-7-10-13-16-19-22-25-28-31-34-37-40-43-47-52-48-46-50-53(49-44-41-38-35-32-29-26-23-20-17-14-11-8-5-2)54(52)51-45-42-39-36-33-30-27-24-21-18-15-12-9-6-3/h46,48,50H,4-45,47,49,51H2,1-3H3. The van der Waals surface area contributed by atoms with Crippen molar-refractivity contribution in [2.45, 2.75) is 303 Å². The zero-order valence-corrected chi connectivity index (χ0v) is 38.1. The van der Waals surface area contributed by atoms with Gasteiger partial charge in [-0.05, 0) is 31.7 Å². The van der Waals surface area contributed by atoms with Gasteiger partial charge in [0.25, 0.3) is 6.85 Å². The van der Waals surface area contributed by atoms with Crippen LogP contribution >= 0.6 is 0 Å². The summed E-state index contributed by atoms with van der Waals surface area (Å²) in [6.07, 6.45) is 68.5. The minimum Gasteiger partial charge on any atom is -0.414 e. The summed E-state index contributed by atoms with van der Waals surface area (Å²) in [5, 5.41) is 0. The van der Waals surface area contributed by atoms with Crippen LogP contribution in [0.15, 0.2) is 23.8 Å². The Bertz CT molecular complexity index is 772. The van der Waals surface area contributed by atoms with E-state index in [1.54, 1.807) is 5.70 Å². The number of unbranched alkanes of at least 4 members (excludes halogenated alkanes) is 39. The molecule has 0 aromatic rings. The molecule has 0 fully saturated rings. The van der Waals surface area contributed by atoms with E-state index in [1.807, 2.05) is 0 Å². The fraction of sp³-hybridized carbons (Fsp3) is 0.923. The largest absolute Gasteiger partial charge is 0.414 e. The summed E-state index contributed by atoms with van der Waals surface area (Å²) in [5.74, 6) is 2.56. The highest BCUT2D eigenvalue weighted by Gasteiger charge is 2.24. The second-order valence-electron chi connectivity index (χ2n) is 18.1. The summed E-state index contributed by atoms with van der Waals surface area (Å²) in [4.78, 5) is 2.88. The Morgan fingerprint density at radius 1 is 0.333 bits per heavy atom. The van der Waals surface area contributed by atoms with E-state index in [0.29, 0.717) is 6.85 Å². The Labute approximate surface area is 344 Å². The molecule has 0 unspecified atom stereocenters. The van der Waals surface area contributed by atoms with E-state index in [2.05, 4.69) is 43.7 Å². The normalized spacial score (nSPS) is 13.1. The van der Waals surface area contributed by atoms with Crippen LogP contribution in [0.25, 0.3) is 0 Å². The lowest BCUT2D eigenvalue weighted by atomic mass is 9.54. The minimum absolute atomic E-state index is 0.649. The van der Waals surface area contributed by atoms with Gasteiger partial charge < -0.3 is 4.81 Å². The van der Waals surface area contributed by atoms with Gasteiger partial charge in [-0.2, -0.15) is 0 Å². The van der Waals surface area contributed by atoms with Crippen molar-refractivity contribution < 1.29 is 0 Å². The number of allylic oxidation sites excluding steroid dienone is 3. The Kier molecular flexibility index (Phi) is 41.3. The fourth-order valence-corrected chi connectivity index (χ4v) is 9.02. The molecule has 0 amide bonds. The zero-order valence-electron chi connectivity index (χ0n) is 38.1. The molecule has 0 N–H and O–H groups in total. The van der Waals surface area contributed by atoms with Crippen molar-refractivity contribution in [3.63, 3.8) is 0 Å². The van der Waals surface area contributed by atoms with Crippen LogP contribution in [0.1, 0.15) is 297 Å². The Balaban J connectivity index is 2.27. The first-order valence-electron chi connectivity index (χ1n) is 26.0. The van der Waals surface area contributed by atoms with E-state index in [-0.39, 0.29) is 0 Å². The monoisotopic (exact) mass is 752 g/mol. The molecular formula is C52H102BN. The third-order valence-electron chi connectivity index (χ3n) is 12.8. The van der Waals surface area contributed by atoms with E-state index < -0.39 is 0 Å². The van der Waals surface area contributed by atoms with E-state index in [9.17, 15) is 0 Å². The predicted octanol–water partition coefficient (Wildman–Crippen LogP) is 19.1. The molecule has 1 aliphatic rings. The van der Waals surface area contributed by atoms with E-state index in [4.69, 9.17) is 0 Å². The van der Waals surface area contributed by atoms with E-state index in [1.165, 1.54) is 289 Å². The van der Waals surface area contributed by atoms with Crippen molar-refractivity contribution in [3.05, 3.63) is 23.8 Å². The molecule has 0 aromatic heterocycles. The van der Waals surface area contributed by atoms with Crippen LogP contribution in [-0.4, -0.2) is 18.2 Å². The van der Waals surface area contributed by atoms with Crippen LogP contribution in [0.4, 0.5) is 0 Å². The van der Waals surface area contributed by atoms with Crippen LogP contribution in [-0.2, 0) is 0 Å². The van der Waals surface area contributed by atoms with Crippen molar-refractivity contribution in [1.29, 1.82) is 0 Å². The number of rotatable bonds is 45. The predicted molar refractivity (Wildman–Crippen MR) is 250 cm³/mol. The molecule has 2 heteroatoms. The molecule has 0 saturated heterocycles. The highest BCUT2D eigenvalue weighted by atomic mass is 15.1. The zero-order chi connectivity index (χ0) is 38.7. The lowest BCUT2D eigenvalue weighted by molar-refractivity contribution is 0.454. The molecule has 0 radical (unpaired) electrons. The molecule has 54 heavy (non-hydrogen) atoms. The third kappa shape index (κ3) is 34.6. The molecule has 0 aromatic carbocycles. The quantitative estimate of drug-likeness (QED) is 0.0442.